The molecule has 7 nitrogen and oxygen atoms in total. The molecule has 0 saturated carbocycles. The van der Waals surface area contributed by atoms with Crippen LogP contribution in [0.1, 0.15) is 35.4 Å². The van der Waals surface area contributed by atoms with E-state index in [1.165, 1.54) is 32.4 Å². The van der Waals surface area contributed by atoms with E-state index < -0.39 is 0 Å². The molecule has 4 N–H and O–H groups in total. The molecule has 4 aromatic rings. The van der Waals surface area contributed by atoms with Gasteiger partial charge in [0.1, 0.15) is 17.5 Å². The minimum absolute atomic E-state index is 0.448. The number of benzene rings is 1. The molecule has 1 aromatic carbocycles. The Bertz CT molecular complexity index is 1220. The maximum Gasteiger partial charge on any atom is 0.137 e. The van der Waals surface area contributed by atoms with Crippen LogP contribution in [0, 0.1) is 25.2 Å². The van der Waals surface area contributed by atoms with E-state index in [-0.39, 0.29) is 0 Å². The Morgan fingerprint density at radius 3 is 2.67 bits per heavy atom. The molecule has 5 rings (SSSR count). The molecule has 1 aliphatic rings. The zero-order valence-electron chi connectivity index (χ0n) is 17.2. The fourth-order valence-electron chi connectivity index (χ4n) is 3.60. The Balaban J connectivity index is 0.000000313. The first-order valence-corrected chi connectivity index (χ1v) is 10.9. The summed E-state index contributed by atoms with van der Waals surface area (Å²) in [4.78, 5) is 4.47. The Morgan fingerprint density at radius 2 is 2.00 bits per heavy atom. The molecule has 4 heterocycles. The minimum atomic E-state index is 0.448. The topological polar surface area (TPSA) is 104 Å². The molecule has 1 fully saturated rings. The van der Waals surface area contributed by atoms with Gasteiger partial charge >= 0.3 is 0 Å². The van der Waals surface area contributed by atoms with Crippen LogP contribution < -0.4 is 16.4 Å². The molecule has 0 bridgehead atoms. The van der Waals surface area contributed by atoms with Crippen molar-refractivity contribution in [2.75, 3.05) is 24.1 Å². The molecule has 1 aliphatic heterocycles. The van der Waals surface area contributed by atoms with Crippen molar-refractivity contribution in [3.8, 4) is 6.07 Å². The molecule has 1 saturated heterocycles. The maximum atomic E-state index is 9.36. The van der Waals surface area contributed by atoms with Gasteiger partial charge in [-0.15, -0.1) is 11.3 Å². The molecule has 0 atom stereocenters. The third kappa shape index (κ3) is 3.95. The molecule has 3 aromatic heterocycles. The summed E-state index contributed by atoms with van der Waals surface area (Å²) in [7, 11) is 0. The van der Waals surface area contributed by atoms with Gasteiger partial charge in [-0.1, -0.05) is 6.42 Å². The SMILES string of the molecule is C1CCNCC1.Cc1nc2ccc(Nc3c(C)c(N)c(C#N)c4ccnn34)cc2s1. The average molecular weight is 420 g/mol. The number of hydrogen-bond donors (Lipinski definition) is 3. The van der Waals surface area contributed by atoms with Crippen molar-refractivity contribution in [3.63, 3.8) is 0 Å². The number of piperidine rings is 1. The number of rotatable bonds is 2. The smallest absolute Gasteiger partial charge is 0.137 e. The number of thiazole rings is 1. The summed E-state index contributed by atoms with van der Waals surface area (Å²) >= 11 is 1.65. The van der Waals surface area contributed by atoms with Gasteiger partial charge in [-0.2, -0.15) is 10.4 Å². The molecular weight excluding hydrogens is 394 g/mol. The highest BCUT2D eigenvalue weighted by atomic mass is 32.1. The lowest BCUT2D eigenvalue weighted by atomic mass is 10.1. The van der Waals surface area contributed by atoms with E-state index in [0.29, 0.717) is 16.8 Å². The van der Waals surface area contributed by atoms with E-state index in [4.69, 9.17) is 5.73 Å². The van der Waals surface area contributed by atoms with Crippen LogP contribution in [0.4, 0.5) is 17.2 Å². The van der Waals surface area contributed by atoms with E-state index in [0.717, 1.165) is 32.3 Å². The monoisotopic (exact) mass is 419 g/mol. The number of nitrogens with zero attached hydrogens (tertiary/aromatic N) is 4. The number of fused-ring (bicyclic) bond motifs is 2. The number of nitrogens with one attached hydrogen (secondary N) is 2. The highest BCUT2D eigenvalue weighted by molar-refractivity contribution is 7.18. The van der Waals surface area contributed by atoms with Gasteiger partial charge in [0.05, 0.1) is 32.6 Å². The standard InChI is InChI=1S/C17H14N6S.C5H11N/c1-9-16(19)12(8-18)14-5-6-20-23(14)17(9)22-11-3-4-13-15(7-11)24-10(2)21-13;1-2-4-6-5-3-1/h3-7,22H,19H2,1-2H3;6H,1-5H2. The third-order valence-corrected chi connectivity index (χ3v) is 6.15. The molecule has 0 amide bonds. The highest BCUT2D eigenvalue weighted by Crippen LogP contribution is 2.32. The van der Waals surface area contributed by atoms with Crippen LogP contribution in [0.3, 0.4) is 0 Å². The van der Waals surface area contributed by atoms with Crippen molar-refractivity contribution in [2.24, 2.45) is 0 Å². The van der Waals surface area contributed by atoms with E-state index in [9.17, 15) is 5.26 Å². The second kappa shape index (κ2) is 8.69. The normalized spacial score (nSPS) is 13.6. The van der Waals surface area contributed by atoms with Gasteiger partial charge in [-0.25, -0.2) is 9.50 Å². The summed E-state index contributed by atoms with van der Waals surface area (Å²) < 4.78 is 2.83. The summed E-state index contributed by atoms with van der Waals surface area (Å²) in [6, 6.07) is 9.98. The van der Waals surface area contributed by atoms with Crippen molar-refractivity contribution >= 4 is 44.3 Å². The first-order chi connectivity index (χ1) is 14.6. The Kier molecular flexibility index (Phi) is 5.84. The Morgan fingerprint density at radius 1 is 1.20 bits per heavy atom. The molecule has 0 radical (unpaired) electrons. The van der Waals surface area contributed by atoms with Crippen LogP contribution in [0.15, 0.2) is 30.5 Å². The molecular formula is C22H25N7S. The quantitative estimate of drug-likeness (QED) is 0.441. The number of aryl methyl sites for hydroxylation is 1. The third-order valence-electron chi connectivity index (χ3n) is 5.22. The van der Waals surface area contributed by atoms with Gasteiger partial charge in [0.15, 0.2) is 0 Å². The van der Waals surface area contributed by atoms with E-state index in [1.807, 2.05) is 26.0 Å². The van der Waals surface area contributed by atoms with Crippen molar-refractivity contribution in [3.05, 3.63) is 46.6 Å². The summed E-state index contributed by atoms with van der Waals surface area (Å²) in [5.74, 6) is 0.757. The number of nitrogens with two attached hydrogens (primary N) is 1. The Labute approximate surface area is 179 Å². The zero-order chi connectivity index (χ0) is 21.1. The molecule has 154 valence electrons. The van der Waals surface area contributed by atoms with Gasteiger partial charge in [0.25, 0.3) is 0 Å². The highest BCUT2D eigenvalue weighted by Gasteiger charge is 2.16. The molecule has 0 spiro atoms. The van der Waals surface area contributed by atoms with Crippen LogP contribution in [0.5, 0.6) is 0 Å². The van der Waals surface area contributed by atoms with Crippen LogP contribution in [-0.2, 0) is 0 Å². The first-order valence-electron chi connectivity index (χ1n) is 10.1. The van der Waals surface area contributed by atoms with Crippen LogP contribution in [-0.4, -0.2) is 27.7 Å². The van der Waals surface area contributed by atoms with Crippen molar-refractivity contribution in [1.82, 2.24) is 19.9 Å². The first kappa shape index (κ1) is 20.1. The lowest BCUT2D eigenvalue weighted by Crippen LogP contribution is -2.21. The molecule has 0 aliphatic carbocycles. The van der Waals surface area contributed by atoms with Gasteiger partial charge in [0, 0.05) is 11.3 Å². The lowest BCUT2D eigenvalue weighted by Gasteiger charge is -2.15. The zero-order valence-corrected chi connectivity index (χ0v) is 18.0. The van der Waals surface area contributed by atoms with E-state index >= 15 is 0 Å². The maximum absolute atomic E-state index is 9.36. The van der Waals surface area contributed by atoms with Crippen LogP contribution in [0.25, 0.3) is 15.7 Å². The lowest BCUT2D eigenvalue weighted by molar-refractivity contribution is 0.520. The van der Waals surface area contributed by atoms with Gasteiger partial charge in [-0.3, -0.25) is 0 Å². The fraction of sp³-hybridized carbons (Fsp3) is 0.318. The van der Waals surface area contributed by atoms with Crippen LogP contribution >= 0.6 is 11.3 Å². The van der Waals surface area contributed by atoms with Gasteiger partial charge in [-0.05, 0) is 64.0 Å². The average Bonchev–Trinajstić information content (AvgIpc) is 3.39. The predicted molar refractivity (Wildman–Crippen MR) is 123 cm³/mol. The number of nitrogen functional groups attached to an aromatic ring is 1. The van der Waals surface area contributed by atoms with E-state index in [1.54, 1.807) is 28.1 Å². The summed E-state index contributed by atoms with van der Waals surface area (Å²) in [5, 5.41) is 21.4. The summed E-state index contributed by atoms with van der Waals surface area (Å²) in [6.45, 7) is 6.38. The predicted octanol–water partition coefficient (Wildman–Crippen LogP) is 4.52. The molecule has 8 heteroatoms. The second-order valence-electron chi connectivity index (χ2n) is 7.35. The summed E-state index contributed by atoms with van der Waals surface area (Å²) in [6.07, 6.45) is 5.88. The number of nitriles is 1. The van der Waals surface area contributed by atoms with Crippen molar-refractivity contribution in [2.45, 2.75) is 33.1 Å². The largest absolute Gasteiger partial charge is 0.397 e. The number of pyridine rings is 1. The second-order valence-corrected chi connectivity index (χ2v) is 8.59. The van der Waals surface area contributed by atoms with Gasteiger partial charge < -0.3 is 16.4 Å². The minimum Gasteiger partial charge on any atom is -0.397 e. The van der Waals surface area contributed by atoms with Crippen molar-refractivity contribution < 1.29 is 0 Å². The van der Waals surface area contributed by atoms with E-state index in [2.05, 4.69) is 32.9 Å². The molecule has 0 unspecified atom stereocenters. The van der Waals surface area contributed by atoms with Crippen LogP contribution in [0.2, 0.25) is 0 Å². The number of anilines is 3. The van der Waals surface area contributed by atoms with Gasteiger partial charge in [0.2, 0.25) is 0 Å². The van der Waals surface area contributed by atoms with Crippen molar-refractivity contribution in [1.29, 1.82) is 5.26 Å². The molecule has 30 heavy (non-hydrogen) atoms. The number of hydrogen-bond acceptors (Lipinski definition) is 7. The fourth-order valence-corrected chi connectivity index (χ4v) is 4.47. The number of aromatic nitrogens is 3. The summed E-state index contributed by atoms with van der Waals surface area (Å²) in [5.41, 5.74) is 10.5. The Hall–Kier alpha value is -3.15.